The van der Waals surface area contributed by atoms with Crippen molar-refractivity contribution in [1.29, 1.82) is 0 Å². The Labute approximate surface area is 179 Å². The fraction of sp³-hybridized carbons (Fsp3) is 0.350. The average molecular weight is 425 g/mol. The summed E-state index contributed by atoms with van der Waals surface area (Å²) in [5, 5.41) is 12.0. The van der Waals surface area contributed by atoms with Crippen LogP contribution in [0.5, 0.6) is 0 Å². The molecule has 156 valence electrons. The van der Waals surface area contributed by atoms with Gasteiger partial charge in [-0.3, -0.25) is 4.79 Å². The highest BCUT2D eigenvalue weighted by molar-refractivity contribution is 7.13. The van der Waals surface area contributed by atoms with Crippen LogP contribution in [0.2, 0.25) is 0 Å². The summed E-state index contributed by atoms with van der Waals surface area (Å²) >= 11 is 1.53. The Morgan fingerprint density at radius 1 is 1.17 bits per heavy atom. The summed E-state index contributed by atoms with van der Waals surface area (Å²) in [7, 11) is 1.61. The van der Waals surface area contributed by atoms with Gasteiger partial charge in [-0.05, 0) is 31.9 Å². The van der Waals surface area contributed by atoms with Gasteiger partial charge in [-0.25, -0.2) is 19.9 Å². The van der Waals surface area contributed by atoms with E-state index in [4.69, 9.17) is 0 Å². The second-order valence-corrected chi connectivity index (χ2v) is 7.93. The quantitative estimate of drug-likeness (QED) is 0.554. The van der Waals surface area contributed by atoms with Crippen LogP contribution in [0, 0.1) is 6.92 Å². The smallest absolute Gasteiger partial charge is 0.269 e. The number of hydrogen-bond acceptors (Lipinski definition) is 9. The molecule has 4 heterocycles. The molecule has 0 saturated carbocycles. The maximum absolute atomic E-state index is 11.8. The van der Waals surface area contributed by atoms with Crippen molar-refractivity contribution >= 4 is 39.7 Å². The van der Waals surface area contributed by atoms with Gasteiger partial charge in [0.1, 0.15) is 23.7 Å². The first-order valence-electron chi connectivity index (χ1n) is 9.82. The van der Waals surface area contributed by atoms with E-state index < -0.39 is 0 Å². The number of thiazole rings is 1. The number of anilines is 4. The van der Waals surface area contributed by atoms with Crippen LogP contribution in [0.25, 0.3) is 0 Å². The van der Waals surface area contributed by atoms with E-state index >= 15 is 0 Å². The normalized spacial score (nSPS) is 14.4. The van der Waals surface area contributed by atoms with E-state index in [0.717, 1.165) is 54.1 Å². The minimum atomic E-state index is -0.166. The van der Waals surface area contributed by atoms with Crippen LogP contribution in [-0.2, 0) is 0 Å². The highest BCUT2D eigenvalue weighted by atomic mass is 32.1. The Hall–Kier alpha value is -3.27. The Kier molecular flexibility index (Phi) is 6.03. The molecule has 0 atom stereocenters. The number of nitrogens with one attached hydrogen (secondary N) is 3. The van der Waals surface area contributed by atoms with E-state index in [1.54, 1.807) is 25.6 Å². The number of pyridine rings is 1. The van der Waals surface area contributed by atoms with Crippen molar-refractivity contribution in [2.45, 2.75) is 25.8 Å². The summed E-state index contributed by atoms with van der Waals surface area (Å²) in [6, 6.07) is 6.01. The van der Waals surface area contributed by atoms with Gasteiger partial charge in [0.05, 0.1) is 11.4 Å². The maximum atomic E-state index is 11.8. The molecular formula is C20H24N8OS. The Morgan fingerprint density at radius 2 is 1.97 bits per heavy atom. The van der Waals surface area contributed by atoms with Gasteiger partial charge in [-0.2, -0.15) is 0 Å². The molecule has 1 fully saturated rings. The first kappa shape index (κ1) is 20.0. The van der Waals surface area contributed by atoms with Gasteiger partial charge in [0.25, 0.3) is 5.91 Å². The van der Waals surface area contributed by atoms with Gasteiger partial charge >= 0.3 is 0 Å². The Bertz CT molecular complexity index is 1000. The first-order valence-corrected chi connectivity index (χ1v) is 10.7. The molecule has 1 aliphatic heterocycles. The lowest BCUT2D eigenvalue weighted by molar-refractivity contribution is 0.0958. The number of aryl methyl sites for hydroxylation is 1. The van der Waals surface area contributed by atoms with Crippen molar-refractivity contribution in [3.8, 4) is 0 Å². The van der Waals surface area contributed by atoms with Crippen LogP contribution in [-0.4, -0.2) is 52.0 Å². The standard InChI is InChI=1S/C20H24N8OS/c1-13-16(4-3-15(25-13)19(29)21-2)28-8-5-14(6-9-28)26-17-11-18(24-12-23-17)27-20-22-7-10-30-20/h3-4,7,10-12,14H,5-6,8-9H2,1-2H3,(H,21,29)(H2,22,23,24,26,27). The fourth-order valence-corrected chi connectivity index (χ4v) is 4.05. The van der Waals surface area contributed by atoms with Crippen molar-refractivity contribution in [3.63, 3.8) is 0 Å². The van der Waals surface area contributed by atoms with E-state index in [0.29, 0.717) is 11.7 Å². The van der Waals surface area contributed by atoms with Crippen LogP contribution >= 0.6 is 11.3 Å². The molecule has 3 aromatic rings. The lowest BCUT2D eigenvalue weighted by atomic mass is 10.0. The molecule has 9 nitrogen and oxygen atoms in total. The predicted molar refractivity (Wildman–Crippen MR) is 119 cm³/mol. The molecule has 0 aromatic carbocycles. The topological polar surface area (TPSA) is 108 Å². The summed E-state index contributed by atoms with van der Waals surface area (Å²) in [5.41, 5.74) is 2.40. The van der Waals surface area contributed by atoms with Crippen molar-refractivity contribution < 1.29 is 4.79 Å². The molecule has 0 aliphatic carbocycles. The molecule has 0 spiro atoms. The number of carbonyl (C=O) groups is 1. The molecule has 3 N–H and O–H groups in total. The largest absolute Gasteiger partial charge is 0.370 e. The first-order chi connectivity index (χ1) is 14.6. The van der Waals surface area contributed by atoms with Gasteiger partial charge in [-0.1, -0.05) is 0 Å². The van der Waals surface area contributed by atoms with Gasteiger partial charge in [0.15, 0.2) is 5.13 Å². The molecule has 10 heteroatoms. The Morgan fingerprint density at radius 3 is 2.67 bits per heavy atom. The van der Waals surface area contributed by atoms with Crippen molar-refractivity contribution in [1.82, 2.24) is 25.3 Å². The zero-order chi connectivity index (χ0) is 20.9. The number of hydrogen-bond donors (Lipinski definition) is 3. The van der Waals surface area contributed by atoms with Crippen LogP contribution in [0.3, 0.4) is 0 Å². The second-order valence-electron chi connectivity index (χ2n) is 7.04. The highest BCUT2D eigenvalue weighted by Gasteiger charge is 2.21. The molecule has 1 saturated heterocycles. The lowest BCUT2D eigenvalue weighted by Crippen LogP contribution is -2.39. The van der Waals surface area contributed by atoms with E-state index in [9.17, 15) is 4.79 Å². The summed E-state index contributed by atoms with van der Waals surface area (Å²) in [4.78, 5) is 31.4. The number of aromatic nitrogens is 4. The lowest BCUT2D eigenvalue weighted by Gasteiger charge is -2.34. The predicted octanol–water partition coefficient (Wildman–Crippen LogP) is 2.82. The van der Waals surface area contributed by atoms with Gasteiger partial charge < -0.3 is 20.9 Å². The van der Waals surface area contributed by atoms with Crippen molar-refractivity contribution in [2.24, 2.45) is 0 Å². The molecule has 0 radical (unpaired) electrons. The molecule has 30 heavy (non-hydrogen) atoms. The van der Waals surface area contributed by atoms with Crippen LogP contribution in [0.15, 0.2) is 36.1 Å². The minimum absolute atomic E-state index is 0.166. The van der Waals surface area contributed by atoms with Gasteiger partial charge in [0, 0.05) is 43.8 Å². The van der Waals surface area contributed by atoms with E-state index in [1.165, 1.54) is 11.3 Å². The molecule has 1 amide bonds. The molecule has 0 unspecified atom stereocenters. The Balaban J connectivity index is 1.34. The maximum Gasteiger partial charge on any atom is 0.269 e. The highest BCUT2D eigenvalue weighted by Crippen LogP contribution is 2.25. The van der Waals surface area contributed by atoms with Crippen molar-refractivity contribution in [2.75, 3.05) is 35.7 Å². The van der Waals surface area contributed by atoms with E-state index in [2.05, 4.69) is 40.8 Å². The van der Waals surface area contributed by atoms with E-state index in [1.807, 2.05) is 24.4 Å². The second kappa shape index (κ2) is 9.04. The summed E-state index contributed by atoms with van der Waals surface area (Å²) in [5.74, 6) is 1.36. The van der Waals surface area contributed by atoms with Gasteiger partial charge in [-0.15, -0.1) is 11.3 Å². The van der Waals surface area contributed by atoms with E-state index in [-0.39, 0.29) is 5.91 Å². The summed E-state index contributed by atoms with van der Waals surface area (Å²) < 4.78 is 0. The fourth-order valence-electron chi connectivity index (χ4n) is 3.52. The number of rotatable bonds is 6. The third-order valence-corrected chi connectivity index (χ3v) is 5.73. The minimum Gasteiger partial charge on any atom is -0.370 e. The third kappa shape index (κ3) is 4.65. The molecule has 4 rings (SSSR count). The molecular weight excluding hydrogens is 400 g/mol. The third-order valence-electron chi connectivity index (χ3n) is 5.04. The monoisotopic (exact) mass is 424 g/mol. The number of nitrogens with zero attached hydrogens (tertiary/aromatic N) is 5. The number of carbonyl (C=O) groups excluding carboxylic acids is 1. The summed E-state index contributed by atoms with van der Waals surface area (Å²) in [6.45, 7) is 3.77. The van der Waals surface area contributed by atoms with Crippen LogP contribution in [0.4, 0.5) is 22.5 Å². The number of piperidine rings is 1. The SMILES string of the molecule is CNC(=O)c1ccc(N2CCC(Nc3cc(Nc4nccs4)ncn3)CC2)c(C)n1. The summed E-state index contributed by atoms with van der Waals surface area (Å²) in [6.07, 6.45) is 5.27. The number of amides is 1. The van der Waals surface area contributed by atoms with Gasteiger partial charge in [0.2, 0.25) is 0 Å². The van der Waals surface area contributed by atoms with Crippen LogP contribution < -0.4 is 20.9 Å². The molecule has 1 aliphatic rings. The zero-order valence-corrected chi connectivity index (χ0v) is 17.7. The van der Waals surface area contributed by atoms with Crippen LogP contribution in [0.1, 0.15) is 29.0 Å². The zero-order valence-electron chi connectivity index (χ0n) is 16.9. The molecule has 3 aromatic heterocycles. The average Bonchev–Trinajstić information content (AvgIpc) is 3.27. The molecule has 0 bridgehead atoms. The van der Waals surface area contributed by atoms with Crippen molar-refractivity contribution in [3.05, 3.63) is 47.5 Å².